The Hall–Kier alpha value is -2.38. The van der Waals surface area contributed by atoms with Gasteiger partial charge in [0.05, 0.1) is 17.3 Å². The summed E-state index contributed by atoms with van der Waals surface area (Å²) in [5, 5.41) is 11.3. The highest BCUT2D eigenvalue weighted by Gasteiger charge is 2.41. The predicted molar refractivity (Wildman–Crippen MR) is 94.4 cm³/mol. The number of piperidine rings is 1. The highest BCUT2D eigenvalue weighted by Crippen LogP contribution is 2.27. The van der Waals surface area contributed by atoms with E-state index in [-0.39, 0.29) is 5.91 Å². The third-order valence-corrected chi connectivity index (χ3v) is 4.91. The molecule has 0 aromatic carbocycles. The van der Waals surface area contributed by atoms with E-state index < -0.39 is 5.54 Å². The van der Waals surface area contributed by atoms with E-state index in [0.717, 1.165) is 24.4 Å². The number of amides is 1. The van der Waals surface area contributed by atoms with Gasteiger partial charge in [0.25, 0.3) is 0 Å². The number of imidazole rings is 1. The fraction of sp³-hybridized carbons (Fsp3) is 0.353. The van der Waals surface area contributed by atoms with Crippen LogP contribution in [0.5, 0.6) is 0 Å². The number of nitrogens with zero attached hydrogens (tertiary/aromatic N) is 4. The third-order valence-electron chi connectivity index (χ3n) is 4.69. The molecule has 0 unspecified atom stereocenters. The van der Waals surface area contributed by atoms with Crippen molar-refractivity contribution >= 4 is 23.2 Å². The SMILES string of the molecule is O=C(NCc1cn2cc(Cl)ccc2n1)C1(n2cccn2)CCNCC1. The maximum Gasteiger partial charge on any atom is 0.248 e. The Morgan fingerprint density at radius 1 is 1.32 bits per heavy atom. The zero-order chi connectivity index (χ0) is 17.3. The van der Waals surface area contributed by atoms with Gasteiger partial charge in [-0.3, -0.25) is 9.48 Å². The number of carbonyl (C=O) groups is 1. The summed E-state index contributed by atoms with van der Waals surface area (Å²) in [6, 6.07) is 5.50. The standard InChI is InChI=1S/C17H19ClN6O/c18-13-2-3-15-22-14(12-23(15)11-13)10-20-16(25)17(4-7-19-8-5-17)24-9-1-6-21-24/h1-3,6,9,11-12,19H,4-5,7-8,10H2,(H,20,25). The molecule has 1 aliphatic rings. The van der Waals surface area contributed by atoms with Gasteiger partial charge in [0.15, 0.2) is 0 Å². The largest absolute Gasteiger partial charge is 0.348 e. The molecule has 0 saturated carbocycles. The first-order valence-electron chi connectivity index (χ1n) is 8.30. The summed E-state index contributed by atoms with van der Waals surface area (Å²) >= 11 is 6.00. The first kappa shape index (κ1) is 16.1. The van der Waals surface area contributed by atoms with E-state index in [4.69, 9.17) is 11.6 Å². The molecule has 8 heteroatoms. The number of aromatic nitrogens is 4. The lowest BCUT2D eigenvalue weighted by molar-refractivity contribution is -0.132. The minimum Gasteiger partial charge on any atom is -0.348 e. The number of pyridine rings is 1. The highest BCUT2D eigenvalue weighted by atomic mass is 35.5. The van der Waals surface area contributed by atoms with Gasteiger partial charge in [-0.2, -0.15) is 5.10 Å². The Bertz CT molecular complexity index is 882. The molecule has 4 heterocycles. The van der Waals surface area contributed by atoms with Crippen LogP contribution in [0.3, 0.4) is 0 Å². The van der Waals surface area contributed by atoms with E-state index in [1.165, 1.54) is 0 Å². The van der Waals surface area contributed by atoms with Crippen LogP contribution in [0.15, 0.2) is 43.0 Å². The molecule has 0 radical (unpaired) electrons. The molecule has 7 nitrogen and oxygen atoms in total. The quantitative estimate of drug-likeness (QED) is 0.742. The van der Waals surface area contributed by atoms with Crippen LogP contribution in [0.25, 0.3) is 5.65 Å². The molecule has 1 fully saturated rings. The second-order valence-electron chi connectivity index (χ2n) is 6.26. The normalized spacial score (nSPS) is 16.8. The Balaban J connectivity index is 1.53. The smallest absolute Gasteiger partial charge is 0.248 e. The Morgan fingerprint density at radius 2 is 2.16 bits per heavy atom. The van der Waals surface area contributed by atoms with Crippen LogP contribution in [-0.2, 0) is 16.9 Å². The van der Waals surface area contributed by atoms with Crippen LogP contribution in [0.2, 0.25) is 5.02 Å². The van der Waals surface area contributed by atoms with Crippen LogP contribution < -0.4 is 10.6 Å². The Morgan fingerprint density at radius 3 is 2.92 bits per heavy atom. The van der Waals surface area contributed by atoms with Crippen molar-refractivity contribution in [1.29, 1.82) is 0 Å². The van der Waals surface area contributed by atoms with Gasteiger partial charge in [-0.1, -0.05) is 11.6 Å². The fourth-order valence-electron chi connectivity index (χ4n) is 3.36. The monoisotopic (exact) mass is 358 g/mol. The minimum absolute atomic E-state index is 0.0206. The first-order valence-corrected chi connectivity index (χ1v) is 8.67. The fourth-order valence-corrected chi connectivity index (χ4v) is 3.53. The van der Waals surface area contributed by atoms with Crippen LogP contribution in [-0.4, -0.2) is 38.2 Å². The van der Waals surface area contributed by atoms with Gasteiger partial charge in [0.2, 0.25) is 5.91 Å². The summed E-state index contributed by atoms with van der Waals surface area (Å²) in [6.07, 6.45) is 8.67. The molecule has 4 rings (SSSR count). The van der Waals surface area contributed by atoms with Crippen molar-refractivity contribution in [3.63, 3.8) is 0 Å². The zero-order valence-corrected chi connectivity index (χ0v) is 14.4. The lowest BCUT2D eigenvalue weighted by Crippen LogP contribution is -2.54. The van der Waals surface area contributed by atoms with Gasteiger partial charge in [-0.25, -0.2) is 4.98 Å². The molecule has 0 atom stereocenters. The molecular formula is C17H19ClN6O. The van der Waals surface area contributed by atoms with E-state index in [1.807, 2.05) is 28.9 Å². The lowest BCUT2D eigenvalue weighted by atomic mass is 9.87. The summed E-state index contributed by atoms with van der Waals surface area (Å²) in [4.78, 5) is 17.5. The molecule has 1 amide bonds. The molecule has 1 aliphatic heterocycles. The molecule has 0 spiro atoms. The lowest BCUT2D eigenvalue weighted by Gasteiger charge is -2.36. The van der Waals surface area contributed by atoms with Gasteiger partial charge >= 0.3 is 0 Å². The number of fused-ring (bicyclic) bond motifs is 1. The Labute approximate surface area is 150 Å². The summed E-state index contributed by atoms with van der Waals surface area (Å²) in [7, 11) is 0. The number of hydrogen-bond donors (Lipinski definition) is 2. The summed E-state index contributed by atoms with van der Waals surface area (Å²) in [6.45, 7) is 1.95. The average molecular weight is 359 g/mol. The molecule has 2 N–H and O–H groups in total. The van der Waals surface area contributed by atoms with E-state index in [9.17, 15) is 4.79 Å². The Kier molecular flexibility index (Phi) is 4.19. The topological polar surface area (TPSA) is 76.2 Å². The number of nitrogens with one attached hydrogen (secondary N) is 2. The van der Waals surface area contributed by atoms with Crippen LogP contribution in [0.4, 0.5) is 0 Å². The minimum atomic E-state index is -0.642. The van der Waals surface area contributed by atoms with Crippen molar-refractivity contribution in [2.45, 2.75) is 24.9 Å². The highest BCUT2D eigenvalue weighted by molar-refractivity contribution is 6.30. The summed E-state index contributed by atoms with van der Waals surface area (Å²) in [5.74, 6) is -0.0206. The maximum atomic E-state index is 13.0. The predicted octanol–water partition coefficient (Wildman–Crippen LogP) is 1.58. The maximum absolute atomic E-state index is 13.0. The van der Waals surface area contributed by atoms with E-state index in [2.05, 4.69) is 20.7 Å². The summed E-state index contributed by atoms with van der Waals surface area (Å²) in [5.41, 5.74) is 0.953. The molecule has 3 aromatic heterocycles. The van der Waals surface area contributed by atoms with E-state index in [1.54, 1.807) is 23.1 Å². The number of carbonyl (C=O) groups excluding carboxylic acids is 1. The molecule has 3 aromatic rings. The van der Waals surface area contributed by atoms with Crippen LogP contribution >= 0.6 is 11.6 Å². The van der Waals surface area contributed by atoms with Crippen molar-refractivity contribution < 1.29 is 4.79 Å². The average Bonchev–Trinajstić information content (AvgIpc) is 3.29. The number of halogens is 1. The van der Waals surface area contributed by atoms with E-state index >= 15 is 0 Å². The zero-order valence-electron chi connectivity index (χ0n) is 13.7. The van der Waals surface area contributed by atoms with Crippen molar-refractivity contribution in [2.75, 3.05) is 13.1 Å². The second kappa shape index (κ2) is 6.50. The molecule has 1 saturated heterocycles. The van der Waals surface area contributed by atoms with Gasteiger partial charge in [-0.05, 0) is 44.1 Å². The van der Waals surface area contributed by atoms with Crippen molar-refractivity contribution in [3.8, 4) is 0 Å². The molecular weight excluding hydrogens is 340 g/mol. The first-order chi connectivity index (χ1) is 12.2. The molecule has 130 valence electrons. The molecule has 0 aliphatic carbocycles. The van der Waals surface area contributed by atoms with E-state index in [0.29, 0.717) is 24.4 Å². The number of rotatable bonds is 4. The van der Waals surface area contributed by atoms with Gasteiger partial charge in [0.1, 0.15) is 11.2 Å². The molecule has 25 heavy (non-hydrogen) atoms. The van der Waals surface area contributed by atoms with Gasteiger partial charge in [-0.15, -0.1) is 0 Å². The molecule has 0 bridgehead atoms. The summed E-state index contributed by atoms with van der Waals surface area (Å²) < 4.78 is 3.64. The van der Waals surface area contributed by atoms with Crippen molar-refractivity contribution in [3.05, 3.63) is 53.7 Å². The van der Waals surface area contributed by atoms with Crippen LogP contribution in [0, 0.1) is 0 Å². The second-order valence-corrected chi connectivity index (χ2v) is 6.70. The van der Waals surface area contributed by atoms with Crippen LogP contribution in [0.1, 0.15) is 18.5 Å². The van der Waals surface area contributed by atoms with Crippen molar-refractivity contribution in [2.24, 2.45) is 0 Å². The van der Waals surface area contributed by atoms with Gasteiger partial charge in [0, 0.05) is 24.8 Å². The number of hydrogen-bond acceptors (Lipinski definition) is 4. The third kappa shape index (κ3) is 3.01. The van der Waals surface area contributed by atoms with Gasteiger partial charge < -0.3 is 15.0 Å². The van der Waals surface area contributed by atoms with Crippen molar-refractivity contribution in [1.82, 2.24) is 29.8 Å².